The van der Waals surface area contributed by atoms with Crippen molar-refractivity contribution < 1.29 is 23.6 Å². The third kappa shape index (κ3) is 23.3. The number of halogens is 8. The zero-order valence-electron chi connectivity index (χ0n) is 76.8. The van der Waals surface area contributed by atoms with E-state index in [0.717, 1.165) is 56.8 Å². The summed E-state index contributed by atoms with van der Waals surface area (Å²) in [6.45, 7) is 5.21. The van der Waals surface area contributed by atoms with Crippen molar-refractivity contribution in [1.29, 1.82) is 0 Å². The van der Waals surface area contributed by atoms with Gasteiger partial charge < -0.3 is 20.8 Å². The van der Waals surface area contributed by atoms with Crippen LogP contribution in [0.25, 0.3) is 55.0 Å². The van der Waals surface area contributed by atoms with Crippen LogP contribution < -0.4 is 91.5 Å². The number of ether oxygens (including phenoxy) is 1. The van der Waals surface area contributed by atoms with Crippen molar-refractivity contribution in [2.24, 2.45) is 0 Å². The van der Waals surface area contributed by atoms with Crippen LogP contribution in [0.4, 0.5) is 0 Å². The number of rotatable bonds is 17. The molecule has 0 aliphatic carbocycles. The van der Waals surface area contributed by atoms with Gasteiger partial charge in [-0.25, -0.2) is 0 Å². The Morgan fingerprint density at radius 2 is 0.413 bits per heavy atom. The fraction of sp³-hybridized carbons (Fsp3) is 0.0574. The largest absolute Gasteiger partial charge is 1.00 e. The number of benzene rings is 19. The van der Waals surface area contributed by atoms with E-state index < -0.39 is 30.9 Å². The molecule has 0 saturated carbocycles. The molecule has 22 rings (SSSR count). The standard InChI is InChI=1S/C48H34N2Si.2C24H18Br2Si.C12H10Cl2Si.C6H4Br2.C4H8O.C4H9.Li/c1-3-19-37(20-4-1)51(38-21-5-2-6-22-38,39-23-15-17-35(33-39)49-45-29-11-7-25-41(45)42-26-8-12-30-46(42)49)40-24-16-18-36(34-40)50-47-31-13-9-27-43(47)44-28-10-14-32-48(44)50;2*25-19-9-7-15-23(17-19)27(21-11-3-1-4-12-21,22-13-5-2-6-14-22)24-16-8-10-20(26)18-24;13-15(14,11-7-3-1-4-8-11)12-9-5-2-6-10-12;7-5-2-1-3-6(8)4-5;1-2-4-5-3-1;1-3-4-2;/h1-34H;2*1-18H;1-10H;1-4H;1-4H2;1,3-4H2,2H3;/q;;;;;;-1;+1. The molecule has 0 spiro atoms. The minimum Gasteiger partial charge on any atom is -0.381 e. The van der Waals surface area contributed by atoms with Crippen molar-refractivity contribution in [3.8, 4) is 11.4 Å². The molecule has 19 aromatic carbocycles. The van der Waals surface area contributed by atoms with Crippen LogP contribution in [0.3, 0.4) is 0 Å². The second kappa shape index (κ2) is 49.7. The monoisotopic (exact) mass is 2270 g/mol. The van der Waals surface area contributed by atoms with E-state index in [9.17, 15) is 0 Å². The van der Waals surface area contributed by atoms with Gasteiger partial charge in [0.15, 0.2) is 24.2 Å². The van der Waals surface area contributed by atoms with E-state index in [1.54, 1.807) is 0 Å². The number of nitrogens with zero attached hydrogens (tertiary/aromatic N) is 2. The number of unbranched alkanes of at least 4 members (excludes halogenated alkanes) is 1. The molecule has 0 amide bonds. The molecule has 1 aliphatic rings. The molecular weight excluding hydrogens is 2180 g/mol. The van der Waals surface area contributed by atoms with Crippen molar-refractivity contribution >= 4 is 265 Å². The number of hydrogen-bond acceptors (Lipinski definition) is 1. The van der Waals surface area contributed by atoms with Crippen LogP contribution >= 0.6 is 118 Å². The van der Waals surface area contributed by atoms with Crippen LogP contribution in [0.5, 0.6) is 0 Å². The van der Waals surface area contributed by atoms with Crippen LogP contribution in [0.1, 0.15) is 32.6 Å². The second-order valence-electron chi connectivity index (χ2n) is 33.2. The van der Waals surface area contributed by atoms with Crippen molar-refractivity contribution in [3.05, 3.63) is 543 Å². The fourth-order valence-electron chi connectivity index (χ4n) is 18.6. The van der Waals surface area contributed by atoms with Gasteiger partial charge in [0.2, 0.25) is 0 Å². The average molecular weight is 2280 g/mol. The molecular formula is C122H101Br6Cl2LiN2OSi4. The van der Waals surface area contributed by atoms with E-state index in [-0.39, 0.29) is 18.9 Å². The van der Waals surface area contributed by atoms with Crippen molar-refractivity contribution in [2.45, 2.75) is 32.6 Å². The number of para-hydroxylation sites is 4. The molecule has 0 bridgehead atoms. The first-order chi connectivity index (χ1) is 67.1. The van der Waals surface area contributed by atoms with Crippen LogP contribution in [0, 0.1) is 6.92 Å². The molecule has 16 heteroatoms. The predicted molar refractivity (Wildman–Crippen MR) is 621 cm³/mol. The summed E-state index contributed by atoms with van der Waals surface area (Å²) in [4.78, 5) is 0. The molecule has 1 saturated heterocycles. The Morgan fingerprint density at radius 1 is 0.232 bits per heavy atom. The van der Waals surface area contributed by atoms with Gasteiger partial charge >= 0.3 is 25.6 Å². The zero-order chi connectivity index (χ0) is 94.8. The molecule has 0 radical (unpaired) electrons. The maximum absolute atomic E-state index is 6.49. The number of hydrogen-bond donors (Lipinski definition) is 0. The Labute approximate surface area is 888 Å². The van der Waals surface area contributed by atoms with Gasteiger partial charge in [0, 0.05) is 73.0 Å². The molecule has 3 heterocycles. The van der Waals surface area contributed by atoms with Crippen LogP contribution in [-0.2, 0) is 4.74 Å². The van der Waals surface area contributed by atoms with E-state index in [2.05, 4.69) is 543 Å². The summed E-state index contributed by atoms with van der Waals surface area (Å²) in [5.41, 5.74) is 7.22. The van der Waals surface area contributed by atoms with Gasteiger partial charge in [0.05, 0.1) is 22.1 Å². The average Bonchev–Trinajstić information content (AvgIpc) is 1.17. The molecule has 0 atom stereocenters. The smallest absolute Gasteiger partial charge is 0.381 e. The predicted octanol–water partition coefficient (Wildman–Crippen LogP) is 23.8. The number of fused-ring (bicyclic) bond motifs is 6. The summed E-state index contributed by atoms with van der Waals surface area (Å²) in [5, 5.41) is 23.5. The Balaban J connectivity index is 0.000000141. The van der Waals surface area contributed by atoms with E-state index in [0.29, 0.717) is 0 Å². The molecule has 1 aliphatic heterocycles. The van der Waals surface area contributed by atoms with E-state index in [1.807, 2.05) is 84.9 Å². The Kier molecular flexibility index (Phi) is 36.7. The summed E-state index contributed by atoms with van der Waals surface area (Å²) in [5.74, 6) is 0. The van der Waals surface area contributed by atoms with Gasteiger partial charge in [0.1, 0.15) is 0 Å². The van der Waals surface area contributed by atoms with Crippen molar-refractivity contribution in [1.82, 2.24) is 9.13 Å². The first-order valence-corrected chi connectivity index (χ1v) is 60.8. The first kappa shape index (κ1) is 102. The fourth-order valence-corrected chi connectivity index (χ4v) is 39.7. The Morgan fingerprint density at radius 3 is 0.609 bits per heavy atom. The molecule has 3 nitrogen and oxygen atoms in total. The van der Waals surface area contributed by atoms with Gasteiger partial charge in [-0.15, -0.1) is 22.2 Å². The van der Waals surface area contributed by atoms with Crippen LogP contribution in [0.15, 0.2) is 536 Å². The summed E-state index contributed by atoms with van der Waals surface area (Å²) in [6.07, 6.45) is 4.83. The van der Waals surface area contributed by atoms with Gasteiger partial charge in [-0.05, 0) is 201 Å². The molecule has 678 valence electrons. The Hall–Kier alpha value is -10.3. The normalized spacial score (nSPS) is 11.7. The summed E-state index contributed by atoms with van der Waals surface area (Å²) in [7, 11) is -7.73. The summed E-state index contributed by atoms with van der Waals surface area (Å²) in [6, 6.07) is 183. The summed E-state index contributed by atoms with van der Waals surface area (Å²) < 4.78 is 16.5. The molecule has 2 aromatic heterocycles. The van der Waals surface area contributed by atoms with Crippen molar-refractivity contribution in [2.75, 3.05) is 13.2 Å². The second-order valence-corrected chi connectivity index (χ2v) is 56.5. The number of aromatic nitrogens is 2. The molecule has 0 unspecified atom stereocenters. The first-order valence-electron chi connectivity index (χ1n) is 46.0. The molecule has 0 N–H and O–H groups in total. The Bertz CT molecular complexity index is 6760. The van der Waals surface area contributed by atoms with Gasteiger partial charge in [0.25, 0.3) is 0 Å². The van der Waals surface area contributed by atoms with Gasteiger partial charge in [-0.3, -0.25) is 0 Å². The third-order valence-electron chi connectivity index (χ3n) is 24.7. The van der Waals surface area contributed by atoms with Crippen LogP contribution in [0.2, 0.25) is 0 Å². The zero-order valence-corrected chi connectivity index (χ0v) is 91.8. The minimum atomic E-state index is -2.88. The van der Waals surface area contributed by atoms with E-state index >= 15 is 0 Å². The quantitative estimate of drug-likeness (QED) is 0.0385. The van der Waals surface area contributed by atoms with E-state index in [4.69, 9.17) is 26.9 Å². The van der Waals surface area contributed by atoms with Crippen molar-refractivity contribution in [3.63, 3.8) is 0 Å². The summed E-state index contributed by atoms with van der Waals surface area (Å²) >= 11 is 34.4. The van der Waals surface area contributed by atoms with Crippen LogP contribution in [-0.4, -0.2) is 53.3 Å². The molecule has 1 fully saturated rings. The third-order valence-corrected chi connectivity index (χ3v) is 46.7. The van der Waals surface area contributed by atoms with Gasteiger partial charge in [-0.2, -0.15) is 6.42 Å². The molecule has 138 heavy (non-hydrogen) atoms. The maximum atomic E-state index is 6.49. The topological polar surface area (TPSA) is 19.1 Å². The minimum absolute atomic E-state index is 0. The molecule has 21 aromatic rings. The van der Waals surface area contributed by atoms with Gasteiger partial charge in [-0.1, -0.05) is 503 Å². The van der Waals surface area contributed by atoms with E-state index in [1.165, 1.54) is 136 Å². The SMILES string of the molecule is Brc1cccc(Br)c1.Brc1cccc([Si](c2ccccc2)(c2ccccc2)c2cccc(Br)c2)c1.Brc1cccc([Si](c2ccccc2)(c2ccccc2)c2cccc(Br)c2)c1.C1CCOC1.Cl[Si](Cl)(c1ccccc1)c1ccccc1.[CH2-]CCC.[Li+].c1ccc([Si](c2ccccc2)(c2cccc(-n3c4ccccc4c4ccccc43)c2)c2cccc(-n3c4ccccc4c4ccccc43)c2)cc1. The maximum Gasteiger partial charge on any atom is 1.00 e.